The summed E-state index contributed by atoms with van der Waals surface area (Å²) in [5, 5.41) is 0. The molecular formula is C12H24FN3. The number of nitrogens with zero attached hydrogens (tertiary/aromatic N) is 3. The van der Waals surface area contributed by atoms with Crippen molar-refractivity contribution in [1.29, 1.82) is 0 Å². The number of piperidine rings is 1. The maximum absolute atomic E-state index is 14.1. The lowest BCUT2D eigenvalue weighted by molar-refractivity contribution is 0.0140. The molecule has 0 aromatic heterocycles. The van der Waals surface area contributed by atoms with Crippen LogP contribution in [0.5, 0.6) is 0 Å². The molecule has 0 bridgehead atoms. The van der Waals surface area contributed by atoms with E-state index in [1.54, 1.807) is 0 Å². The van der Waals surface area contributed by atoms with Crippen LogP contribution in [-0.4, -0.2) is 79.8 Å². The summed E-state index contributed by atoms with van der Waals surface area (Å²) in [5.41, 5.74) is 0. The normalized spacial score (nSPS) is 35.4. The molecule has 2 rings (SSSR count). The van der Waals surface area contributed by atoms with E-state index < -0.39 is 6.17 Å². The molecule has 0 radical (unpaired) electrons. The lowest BCUT2D eigenvalue weighted by Crippen LogP contribution is -2.57. The molecule has 0 aliphatic carbocycles. The van der Waals surface area contributed by atoms with E-state index in [-0.39, 0.29) is 6.04 Å². The van der Waals surface area contributed by atoms with Crippen LogP contribution in [0.25, 0.3) is 0 Å². The molecule has 4 heteroatoms. The van der Waals surface area contributed by atoms with Gasteiger partial charge in [0, 0.05) is 38.8 Å². The van der Waals surface area contributed by atoms with Crippen LogP contribution in [0.2, 0.25) is 0 Å². The highest BCUT2D eigenvalue weighted by Crippen LogP contribution is 2.20. The maximum atomic E-state index is 14.1. The Kier molecular flexibility index (Phi) is 4.16. The Bertz CT molecular complexity index is 216. The zero-order chi connectivity index (χ0) is 11.5. The Balaban J connectivity index is 1.85. The molecule has 0 aromatic rings. The highest BCUT2D eigenvalue weighted by molar-refractivity contribution is 4.88. The summed E-state index contributed by atoms with van der Waals surface area (Å²) in [7, 11) is 2.14. The topological polar surface area (TPSA) is 9.72 Å². The summed E-state index contributed by atoms with van der Waals surface area (Å²) in [4.78, 5) is 6.90. The molecule has 0 amide bonds. The van der Waals surface area contributed by atoms with Gasteiger partial charge in [0.25, 0.3) is 0 Å². The molecule has 0 N–H and O–H groups in total. The van der Waals surface area contributed by atoms with Gasteiger partial charge >= 0.3 is 0 Å². The van der Waals surface area contributed by atoms with Crippen LogP contribution in [0, 0.1) is 0 Å². The first-order valence-corrected chi connectivity index (χ1v) is 6.49. The van der Waals surface area contributed by atoms with Gasteiger partial charge in [-0.25, -0.2) is 4.39 Å². The van der Waals surface area contributed by atoms with Crippen molar-refractivity contribution in [2.24, 2.45) is 0 Å². The molecule has 0 spiro atoms. The van der Waals surface area contributed by atoms with Gasteiger partial charge in [0.05, 0.1) is 0 Å². The second-order valence-corrected chi connectivity index (χ2v) is 5.10. The van der Waals surface area contributed by atoms with Crippen molar-refractivity contribution in [2.45, 2.75) is 25.6 Å². The minimum atomic E-state index is -0.655. The minimum absolute atomic E-state index is 0.177. The summed E-state index contributed by atoms with van der Waals surface area (Å²) in [5.74, 6) is 0. The monoisotopic (exact) mass is 229 g/mol. The van der Waals surface area contributed by atoms with Gasteiger partial charge in [0.15, 0.2) is 0 Å². The average molecular weight is 229 g/mol. The summed E-state index contributed by atoms with van der Waals surface area (Å²) in [6, 6.07) is 0.177. The standard InChI is InChI=1S/C12H24FN3/c1-3-15-5-4-12(11(13)10-15)16-8-6-14(2)7-9-16/h11-12H,3-10H2,1-2H3. The lowest BCUT2D eigenvalue weighted by Gasteiger charge is -2.43. The molecule has 16 heavy (non-hydrogen) atoms. The number of piperazine rings is 1. The molecule has 2 unspecified atom stereocenters. The predicted molar refractivity (Wildman–Crippen MR) is 64.5 cm³/mol. The van der Waals surface area contributed by atoms with E-state index in [0.717, 1.165) is 45.7 Å². The number of halogens is 1. The van der Waals surface area contributed by atoms with E-state index in [4.69, 9.17) is 0 Å². The van der Waals surface area contributed by atoms with Crippen LogP contribution in [0.3, 0.4) is 0 Å². The number of alkyl halides is 1. The second-order valence-electron chi connectivity index (χ2n) is 5.10. The van der Waals surface area contributed by atoms with Crippen molar-refractivity contribution < 1.29 is 4.39 Å². The predicted octanol–water partition coefficient (Wildman–Crippen LogP) is 0.666. The Morgan fingerprint density at radius 3 is 2.38 bits per heavy atom. The number of rotatable bonds is 2. The molecule has 0 saturated carbocycles. The van der Waals surface area contributed by atoms with Gasteiger partial charge in [-0.15, -0.1) is 0 Å². The van der Waals surface area contributed by atoms with E-state index >= 15 is 0 Å². The summed E-state index contributed by atoms with van der Waals surface area (Å²) in [6.07, 6.45) is 0.343. The lowest BCUT2D eigenvalue weighted by atomic mass is 10.0. The zero-order valence-corrected chi connectivity index (χ0v) is 10.5. The van der Waals surface area contributed by atoms with Gasteiger partial charge in [0.1, 0.15) is 6.17 Å². The first kappa shape index (κ1) is 12.3. The van der Waals surface area contributed by atoms with Gasteiger partial charge in [-0.2, -0.15) is 0 Å². The van der Waals surface area contributed by atoms with Crippen LogP contribution in [-0.2, 0) is 0 Å². The van der Waals surface area contributed by atoms with Crippen molar-refractivity contribution in [3.8, 4) is 0 Å². The van der Waals surface area contributed by atoms with E-state index in [1.807, 2.05) is 0 Å². The van der Waals surface area contributed by atoms with Crippen molar-refractivity contribution in [2.75, 3.05) is 52.9 Å². The summed E-state index contributed by atoms with van der Waals surface area (Å²) in [6.45, 7) is 9.03. The number of likely N-dealkylation sites (N-methyl/N-ethyl adjacent to an activating group) is 1. The number of hydrogen-bond acceptors (Lipinski definition) is 3. The Labute approximate surface area is 98.2 Å². The van der Waals surface area contributed by atoms with Gasteiger partial charge in [-0.3, -0.25) is 4.90 Å². The SMILES string of the molecule is CCN1CCC(N2CCN(C)CC2)C(F)C1. The van der Waals surface area contributed by atoms with Crippen molar-refractivity contribution in [1.82, 2.24) is 14.7 Å². The molecule has 0 aromatic carbocycles. The second kappa shape index (κ2) is 5.43. The average Bonchev–Trinajstić information content (AvgIpc) is 2.30. The van der Waals surface area contributed by atoms with Gasteiger partial charge < -0.3 is 9.80 Å². The fraction of sp³-hybridized carbons (Fsp3) is 1.00. The third kappa shape index (κ3) is 2.73. The fourth-order valence-corrected chi connectivity index (χ4v) is 2.81. The van der Waals surface area contributed by atoms with Gasteiger partial charge in [-0.1, -0.05) is 6.92 Å². The molecular weight excluding hydrogens is 205 g/mol. The number of hydrogen-bond donors (Lipinski definition) is 0. The molecule has 2 atom stereocenters. The van der Waals surface area contributed by atoms with Gasteiger partial charge in [0.2, 0.25) is 0 Å². The van der Waals surface area contributed by atoms with Crippen LogP contribution in [0.4, 0.5) is 4.39 Å². The quantitative estimate of drug-likeness (QED) is 0.689. The molecule has 2 heterocycles. The van der Waals surface area contributed by atoms with Crippen molar-refractivity contribution in [3.05, 3.63) is 0 Å². The summed E-state index contributed by atoms with van der Waals surface area (Å²) >= 11 is 0. The van der Waals surface area contributed by atoms with E-state index in [2.05, 4.69) is 28.7 Å². The van der Waals surface area contributed by atoms with Gasteiger partial charge in [-0.05, 0) is 26.6 Å². The third-order valence-corrected chi connectivity index (χ3v) is 4.05. The number of likely N-dealkylation sites (tertiary alicyclic amines) is 1. The first-order chi connectivity index (χ1) is 7.70. The molecule has 2 fully saturated rings. The van der Waals surface area contributed by atoms with E-state index in [9.17, 15) is 4.39 Å². The highest BCUT2D eigenvalue weighted by Gasteiger charge is 2.33. The first-order valence-electron chi connectivity index (χ1n) is 6.49. The molecule has 3 nitrogen and oxygen atoms in total. The van der Waals surface area contributed by atoms with Crippen LogP contribution >= 0.6 is 0 Å². The smallest absolute Gasteiger partial charge is 0.128 e. The molecule has 2 saturated heterocycles. The Morgan fingerprint density at radius 1 is 1.12 bits per heavy atom. The molecule has 2 aliphatic rings. The zero-order valence-electron chi connectivity index (χ0n) is 10.5. The van der Waals surface area contributed by atoms with Crippen LogP contribution < -0.4 is 0 Å². The van der Waals surface area contributed by atoms with Crippen LogP contribution in [0.1, 0.15) is 13.3 Å². The molecule has 2 aliphatic heterocycles. The van der Waals surface area contributed by atoms with Crippen molar-refractivity contribution >= 4 is 0 Å². The Hall–Kier alpha value is -0.190. The summed E-state index contributed by atoms with van der Waals surface area (Å²) < 4.78 is 14.1. The van der Waals surface area contributed by atoms with Crippen molar-refractivity contribution in [3.63, 3.8) is 0 Å². The molecule has 94 valence electrons. The largest absolute Gasteiger partial charge is 0.304 e. The minimum Gasteiger partial charge on any atom is -0.304 e. The van der Waals surface area contributed by atoms with E-state index in [1.165, 1.54) is 0 Å². The maximum Gasteiger partial charge on any atom is 0.128 e. The fourth-order valence-electron chi connectivity index (χ4n) is 2.81. The highest BCUT2D eigenvalue weighted by atomic mass is 19.1. The van der Waals surface area contributed by atoms with Crippen LogP contribution in [0.15, 0.2) is 0 Å². The third-order valence-electron chi connectivity index (χ3n) is 4.05. The Morgan fingerprint density at radius 2 is 1.81 bits per heavy atom. The van der Waals surface area contributed by atoms with E-state index in [0.29, 0.717) is 6.54 Å².